The standard InChI is InChI=1S/C10H7Br2NO3/c1-5-3-6(11)7(10(15)16-2)8(12)9(5)13-4-14/h3H,1-2H3. The summed E-state index contributed by atoms with van der Waals surface area (Å²) in [5, 5.41) is 0. The molecule has 0 N–H and O–H groups in total. The van der Waals surface area contributed by atoms with Crippen LogP contribution in [0.15, 0.2) is 20.0 Å². The molecule has 0 fully saturated rings. The highest BCUT2D eigenvalue weighted by Gasteiger charge is 2.19. The van der Waals surface area contributed by atoms with E-state index in [1.165, 1.54) is 13.2 Å². The number of methoxy groups -OCH3 is 1. The van der Waals surface area contributed by atoms with Crippen molar-refractivity contribution >= 4 is 49.6 Å². The van der Waals surface area contributed by atoms with Crippen LogP contribution < -0.4 is 0 Å². The third-order valence-corrected chi connectivity index (χ3v) is 3.33. The maximum atomic E-state index is 11.5. The van der Waals surface area contributed by atoms with E-state index in [2.05, 4.69) is 41.6 Å². The van der Waals surface area contributed by atoms with Crippen molar-refractivity contribution in [3.05, 3.63) is 26.1 Å². The summed E-state index contributed by atoms with van der Waals surface area (Å²) in [6, 6.07) is 1.69. The number of benzene rings is 1. The molecule has 0 saturated heterocycles. The molecule has 0 aliphatic heterocycles. The predicted octanol–water partition coefficient (Wildman–Crippen LogP) is 3.27. The average Bonchev–Trinajstić information content (AvgIpc) is 2.23. The van der Waals surface area contributed by atoms with Gasteiger partial charge in [0.1, 0.15) is 0 Å². The molecule has 0 atom stereocenters. The molecule has 0 aliphatic carbocycles. The smallest absolute Gasteiger partial charge is 0.340 e. The number of rotatable bonds is 2. The maximum absolute atomic E-state index is 11.5. The van der Waals surface area contributed by atoms with Crippen LogP contribution in [-0.2, 0) is 9.53 Å². The third kappa shape index (κ3) is 2.40. The maximum Gasteiger partial charge on any atom is 0.340 e. The number of esters is 1. The fourth-order valence-electron chi connectivity index (χ4n) is 1.20. The van der Waals surface area contributed by atoms with Crippen LogP contribution in [0, 0.1) is 6.92 Å². The number of hydrogen-bond donors (Lipinski definition) is 0. The van der Waals surface area contributed by atoms with E-state index in [-0.39, 0.29) is 0 Å². The van der Waals surface area contributed by atoms with Crippen molar-refractivity contribution < 1.29 is 14.3 Å². The Morgan fingerprint density at radius 3 is 2.62 bits per heavy atom. The first-order valence-corrected chi connectivity index (χ1v) is 5.76. The highest BCUT2D eigenvalue weighted by Crippen LogP contribution is 2.37. The second kappa shape index (κ2) is 5.39. The second-order valence-electron chi connectivity index (χ2n) is 2.91. The molecular weight excluding hydrogens is 342 g/mol. The van der Waals surface area contributed by atoms with Crippen LogP contribution in [0.3, 0.4) is 0 Å². The molecule has 1 rings (SSSR count). The molecule has 1 aromatic rings. The van der Waals surface area contributed by atoms with Gasteiger partial charge >= 0.3 is 5.97 Å². The van der Waals surface area contributed by atoms with Gasteiger partial charge in [0.05, 0.1) is 22.8 Å². The van der Waals surface area contributed by atoms with Crippen LogP contribution in [0.25, 0.3) is 0 Å². The van der Waals surface area contributed by atoms with Gasteiger partial charge in [-0.05, 0) is 50.4 Å². The molecule has 0 saturated carbocycles. The lowest BCUT2D eigenvalue weighted by Gasteiger charge is -2.09. The van der Waals surface area contributed by atoms with Gasteiger partial charge < -0.3 is 4.74 Å². The number of carbonyl (C=O) groups excluding carboxylic acids is 2. The van der Waals surface area contributed by atoms with Gasteiger partial charge in [0.2, 0.25) is 6.08 Å². The zero-order chi connectivity index (χ0) is 12.3. The first-order valence-electron chi connectivity index (χ1n) is 4.17. The number of ether oxygens (including phenoxy) is 1. The quantitative estimate of drug-likeness (QED) is 0.468. The summed E-state index contributed by atoms with van der Waals surface area (Å²) in [7, 11) is 1.28. The number of aliphatic imine (C=N–C) groups is 1. The molecule has 16 heavy (non-hydrogen) atoms. The molecule has 4 nitrogen and oxygen atoms in total. The van der Waals surface area contributed by atoms with E-state index in [1.807, 2.05) is 0 Å². The van der Waals surface area contributed by atoms with Crippen LogP contribution >= 0.6 is 31.9 Å². The summed E-state index contributed by atoms with van der Waals surface area (Å²) in [6.45, 7) is 1.77. The number of isocyanates is 1. The van der Waals surface area contributed by atoms with Gasteiger partial charge in [-0.15, -0.1) is 0 Å². The Morgan fingerprint density at radius 1 is 1.50 bits per heavy atom. The minimum Gasteiger partial charge on any atom is -0.465 e. The predicted molar refractivity (Wildman–Crippen MR) is 65.7 cm³/mol. The molecular formula is C10H7Br2NO3. The van der Waals surface area contributed by atoms with Crippen molar-refractivity contribution in [2.75, 3.05) is 7.11 Å². The van der Waals surface area contributed by atoms with E-state index < -0.39 is 5.97 Å². The summed E-state index contributed by atoms with van der Waals surface area (Å²) in [4.78, 5) is 25.3. The Labute approximate surface area is 109 Å². The van der Waals surface area contributed by atoms with Crippen molar-refractivity contribution in [2.45, 2.75) is 6.92 Å². The zero-order valence-electron chi connectivity index (χ0n) is 8.51. The number of hydrogen-bond acceptors (Lipinski definition) is 4. The highest BCUT2D eigenvalue weighted by atomic mass is 79.9. The van der Waals surface area contributed by atoms with E-state index in [0.717, 1.165) is 5.56 Å². The van der Waals surface area contributed by atoms with Crippen molar-refractivity contribution in [2.24, 2.45) is 4.99 Å². The lowest BCUT2D eigenvalue weighted by atomic mass is 10.1. The van der Waals surface area contributed by atoms with Crippen molar-refractivity contribution in [3.8, 4) is 0 Å². The van der Waals surface area contributed by atoms with Crippen molar-refractivity contribution in [1.82, 2.24) is 0 Å². The van der Waals surface area contributed by atoms with E-state index in [9.17, 15) is 9.59 Å². The number of nitrogens with zero attached hydrogens (tertiary/aromatic N) is 1. The van der Waals surface area contributed by atoms with Crippen molar-refractivity contribution in [3.63, 3.8) is 0 Å². The molecule has 0 amide bonds. The minimum atomic E-state index is -0.513. The third-order valence-electron chi connectivity index (χ3n) is 1.93. The van der Waals surface area contributed by atoms with Gasteiger partial charge in [0, 0.05) is 4.47 Å². The average molecular weight is 349 g/mol. The van der Waals surface area contributed by atoms with Gasteiger partial charge in [0.15, 0.2) is 0 Å². The summed E-state index contributed by atoms with van der Waals surface area (Å²) >= 11 is 6.48. The number of halogens is 2. The Bertz CT molecular complexity index is 493. The van der Waals surface area contributed by atoms with E-state index >= 15 is 0 Å². The van der Waals surface area contributed by atoms with Crippen LogP contribution in [0.5, 0.6) is 0 Å². The van der Waals surface area contributed by atoms with Gasteiger partial charge in [-0.3, -0.25) is 0 Å². The molecule has 0 aliphatic rings. The fraction of sp³-hybridized carbons (Fsp3) is 0.200. The van der Waals surface area contributed by atoms with Gasteiger partial charge in [-0.25, -0.2) is 9.59 Å². The minimum absolute atomic E-state index is 0.294. The van der Waals surface area contributed by atoms with Gasteiger partial charge in [-0.1, -0.05) is 0 Å². The Hall–Kier alpha value is -0.970. The summed E-state index contributed by atoms with van der Waals surface area (Å²) in [6.07, 6.45) is 1.45. The van der Waals surface area contributed by atoms with E-state index in [4.69, 9.17) is 0 Å². The normalized spacial score (nSPS) is 9.50. The highest BCUT2D eigenvalue weighted by molar-refractivity contribution is 9.11. The molecule has 0 radical (unpaired) electrons. The van der Waals surface area contributed by atoms with E-state index in [0.29, 0.717) is 20.2 Å². The van der Waals surface area contributed by atoms with Gasteiger partial charge in [0.25, 0.3) is 0 Å². The molecule has 0 unspecified atom stereocenters. The van der Waals surface area contributed by atoms with Crippen LogP contribution in [0.4, 0.5) is 5.69 Å². The Balaban J connectivity index is 3.57. The lowest BCUT2D eigenvalue weighted by Crippen LogP contribution is -2.04. The number of carbonyl (C=O) groups is 1. The largest absolute Gasteiger partial charge is 0.465 e. The van der Waals surface area contributed by atoms with Crippen LogP contribution in [0.1, 0.15) is 15.9 Å². The number of aryl methyl sites for hydroxylation is 1. The SMILES string of the molecule is COC(=O)c1c(Br)cc(C)c(N=C=O)c1Br. The Kier molecular flexibility index (Phi) is 4.41. The lowest BCUT2D eigenvalue weighted by molar-refractivity contribution is 0.0598. The summed E-state index contributed by atoms with van der Waals surface area (Å²) in [5.41, 5.74) is 1.41. The fourth-order valence-corrected chi connectivity index (χ4v) is 2.95. The molecule has 6 heteroatoms. The monoisotopic (exact) mass is 347 g/mol. The summed E-state index contributed by atoms with van der Waals surface area (Å²) in [5.74, 6) is -0.513. The van der Waals surface area contributed by atoms with Crippen LogP contribution in [-0.4, -0.2) is 19.2 Å². The first kappa shape index (κ1) is 13.1. The van der Waals surface area contributed by atoms with E-state index in [1.54, 1.807) is 13.0 Å². The summed E-state index contributed by atoms with van der Waals surface area (Å²) < 4.78 is 5.62. The van der Waals surface area contributed by atoms with Crippen molar-refractivity contribution in [1.29, 1.82) is 0 Å². The molecule has 1 aromatic carbocycles. The molecule has 0 spiro atoms. The zero-order valence-corrected chi connectivity index (χ0v) is 11.7. The molecule has 84 valence electrons. The molecule has 0 bridgehead atoms. The molecule has 0 heterocycles. The topological polar surface area (TPSA) is 55.7 Å². The first-order chi connectivity index (χ1) is 7.52. The molecule has 0 aromatic heterocycles. The Morgan fingerprint density at radius 2 is 2.12 bits per heavy atom. The van der Waals surface area contributed by atoms with Crippen LogP contribution in [0.2, 0.25) is 0 Å². The second-order valence-corrected chi connectivity index (χ2v) is 4.55. The van der Waals surface area contributed by atoms with Gasteiger partial charge in [-0.2, -0.15) is 4.99 Å².